The van der Waals surface area contributed by atoms with E-state index in [1.54, 1.807) is 0 Å². The number of aryl methyl sites for hydroxylation is 1. The lowest BCUT2D eigenvalue weighted by molar-refractivity contribution is 0.0953. The molecule has 0 saturated carbocycles. The van der Waals surface area contributed by atoms with E-state index in [1.807, 2.05) is 31.2 Å². The molecule has 1 amide bonds. The third-order valence-corrected chi connectivity index (χ3v) is 3.60. The first-order valence-corrected chi connectivity index (χ1v) is 7.39. The van der Waals surface area contributed by atoms with E-state index in [4.69, 9.17) is 0 Å². The van der Waals surface area contributed by atoms with Crippen LogP contribution >= 0.6 is 0 Å². The topological polar surface area (TPSA) is 53.5 Å². The summed E-state index contributed by atoms with van der Waals surface area (Å²) in [7, 11) is 0. The van der Waals surface area contributed by atoms with E-state index in [9.17, 15) is 4.79 Å². The van der Waals surface area contributed by atoms with Gasteiger partial charge in [0.05, 0.1) is 0 Å². The first kappa shape index (κ1) is 15.7. The van der Waals surface area contributed by atoms with Gasteiger partial charge in [0, 0.05) is 35.2 Å². The highest BCUT2D eigenvalue weighted by atomic mass is 16.2. The molecule has 1 aliphatic heterocycles. The van der Waals surface area contributed by atoms with Crippen LogP contribution < -0.4 is 10.7 Å². The van der Waals surface area contributed by atoms with E-state index >= 15 is 0 Å². The van der Waals surface area contributed by atoms with Crippen LogP contribution in [0, 0.1) is 6.92 Å². The standard InChI is InChI=1S/C17H25N3O/c1-12-6-8-13(9-7-12)15(21)19-18-14-10-16(2,3)20-17(4,5)11-14/h6-9,20H,10-11H2,1-5H3,(H,19,21). The summed E-state index contributed by atoms with van der Waals surface area (Å²) < 4.78 is 0. The summed E-state index contributed by atoms with van der Waals surface area (Å²) in [5.74, 6) is -0.156. The van der Waals surface area contributed by atoms with Gasteiger partial charge in [-0.2, -0.15) is 5.10 Å². The van der Waals surface area contributed by atoms with Crippen LogP contribution in [-0.4, -0.2) is 22.7 Å². The molecule has 1 heterocycles. The van der Waals surface area contributed by atoms with Crippen molar-refractivity contribution in [2.45, 2.75) is 58.5 Å². The predicted molar refractivity (Wildman–Crippen MR) is 86.6 cm³/mol. The van der Waals surface area contributed by atoms with Crippen molar-refractivity contribution >= 4 is 11.6 Å². The third-order valence-electron chi connectivity index (χ3n) is 3.60. The summed E-state index contributed by atoms with van der Waals surface area (Å²) in [6, 6.07) is 7.50. The molecule has 0 aromatic heterocycles. The Labute approximate surface area is 127 Å². The second-order valence-corrected chi connectivity index (χ2v) is 7.23. The van der Waals surface area contributed by atoms with Crippen molar-refractivity contribution in [2.24, 2.45) is 5.10 Å². The minimum absolute atomic E-state index is 0.00479. The second kappa shape index (κ2) is 5.60. The Hall–Kier alpha value is -1.68. The summed E-state index contributed by atoms with van der Waals surface area (Å²) in [6.07, 6.45) is 1.68. The Kier molecular flexibility index (Phi) is 4.19. The molecule has 21 heavy (non-hydrogen) atoms. The summed E-state index contributed by atoms with van der Waals surface area (Å²) in [5.41, 5.74) is 5.48. The highest BCUT2D eigenvalue weighted by Gasteiger charge is 2.35. The van der Waals surface area contributed by atoms with Gasteiger partial charge in [0.25, 0.3) is 5.91 Å². The smallest absolute Gasteiger partial charge is 0.271 e. The monoisotopic (exact) mass is 287 g/mol. The Balaban J connectivity index is 2.06. The Morgan fingerprint density at radius 1 is 1.10 bits per heavy atom. The Morgan fingerprint density at radius 2 is 1.62 bits per heavy atom. The maximum atomic E-state index is 12.1. The van der Waals surface area contributed by atoms with Gasteiger partial charge in [0.1, 0.15) is 0 Å². The number of nitrogens with one attached hydrogen (secondary N) is 2. The molecule has 2 N–H and O–H groups in total. The zero-order chi connectivity index (χ0) is 15.7. The molecule has 1 saturated heterocycles. The molecular formula is C17H25N3O. The molecule has 1 aliphatic rings. The molecule has 4 nitrogen and oxygen atoms in total. The fraction of sp³-hybridized carbons (Fsp3) is 0.529. The molecule has 0 bridgehead atoms. The summed E-state index contributed by atoms with van der Waals surface area (Å²) in [5, 5.41) is 7.94. The average molecular weight is 287 g/mol. The van der Waals surface area contributed by atoms with Crippen LogP contribution in [0.2, 0.25) is 0 Å². The highest BCUT2D eigenvalue weighted by Crippen LogP contribution is 2.26. The number of piperidine rings is 1. The van der Waals surface area contributed by atoms with Crippen LogP contribution in [0.3, 0.4) is 0 Å². The molecule has 1 aromatic rings. The number of nitrogens with zero attached hydrogens (tertiary/aromatic N) is 1. The van der Waals surface area contributed by atoms with Crippen LogP contribution in [0.1, 0.15) is 56.5 Å². The lowest BCUT2D eigenvalue weighted by Gasteiger charge is -2.43. The number of hydrogen-bond acceptors (Lipinski definition) is 3. The molecule has 2 rings (SSSR count). The first-order valence-electron chi connectivity index (χ1n) is 7.39. The minimum atomic E-state index is -0.156. The molecule has 4 heteroatoms. The number of carbonyl (C=O) groups is 1. The van der Waals surface area contributed by atoms with Gasteiger partial charge in [-0.05, 0) is 46.8 Å². The maximum absolute atomic E-state index is 12.1. The normalized spacial score (nSPS) is 20.0. The average Bonchev–Trinajstić information content (AvgIpc) is 2.33. The molecule has 0 radical (unpaired) electrons. The minimum Gasteiger partial charge on any atom is -0.306 e. The second-order valence-electron chi connectivity index (χ2n) is 7.23. The van der Waals surface area contributed by atoms with Crippen molar-refractivity contribution < 1.29 is 4.79 Å². The molecule has 1 aromatic carbocycles. The van der Waals surface area contributed by atoms with Crippen molar-refractivity contribution in [2.75, 3.05) is 0 Å². The number of hydrogen-bond donors (Lipinski definition) is 2. The Bertz CT molecular complexity index is 538. The maximum Gasteiger partial charge on any atom is 0.271 e. The predicted octanol–water partition coefficient (Wildman–Crippen LogP) is 3.02. The van der Waals surface area contributed by atoms with Crippen molar-refractivity contribution in [3.8, 4) is 0 Å². The SMILES string of the molecule is Cc1ccc(C(=O)NN=C2CC(C)(C)NC(C)(C)C2)cc1. The van der Waals surface area contributed by atoms with E-state index in [-0.39, 0.29) is 17.0 Å². The molecule has 114 valence electrons. The third kappa shape index (κ3) is 4.39. The quantitative estimate of drug-likeness (QED) is 0.822. The summed E-state index contributed by atoms with van der Waals surface area (Å²) in [6.45, 7) is 10.6. The zero-order valence-electron chi connectivity index (χ0n) is 13.6. The molecule has 0 spiro atoms. The van der Waals surface area contributed by atoms with Gasteiger partial charge >= 0.3 is 0 Å². The van der Waals surface area contributed by atoms with Gasteiger partial charge in [-0.3, -0.25) is 4.79 Å². The molecular weight excluding hydrogens is 262 g/mol. The molecule has 1 fully saturated rings. The fourth-order valence-corrected chi connectivity index (χ4v) is 3.07. The van der Waals surface area contributed by atoms with Gasteiger partial charge in [0.15, 0.2) is 0 Å². The van der Waals surface area contributed by atoms with Crippen LogP contribution in [0.4, 0.5) is 0 Å². The van der Waals surface area contributed by atoms with Crippen molar-refractivity contribution in [1.29, 1.82) is 0 Å². The van der Waals surface area contributed by atoms with E-state index in [1.165, 1.54) is 0 Å². The molecule has 0 aliphatic carbocycles. The van der Waals surface area contributed by atoms with Gasteiger partial charge in [-0.1, -0.05) is 17.7 Å². The molecule has 0 unspecified atom stereocenters. The lowest BCUT2D eigenvalue weighted by atomic mass is 9.81. The lowest BCUT2D eigenvalue weighted by Crippen LogP contribution is -2.58. The van der Waals surface area contributed by atoms with E-state index in [0.29, 0.717) is 5.56 Å². The number of amides is 1. The van der Waals surface area contributed by atoms with Crippen LogP contribution in [0.25, 0.3) is 0 Å². The number of carbonyl (C=O) groups excluding carboxylic acids is 1. The van der Waals surface area contributed by atoms with Gasteiger partial charge < -0.3 is 5.32 Å². The van der Waals surface area contributed by atoms with Crippen molar-refractivity contribution in [3.05, 3.63) is 35.4 Å². The zero-order valence-corrected chi connectivity index (χ0v) is 13.6. The number of rotatable bonds is 2. The van der Waals surface area contributed by atoms with Gasteiger partial charge in [0.2, 0.25) is 0 Å². The highest BCUT2D eigenvalue weighted by molar-refractivity contribution is 5.96. The largest absolute Gasteiger partial charge is 0.306 e. The molecule has 0 atom stereocenters. The number of hydrazone groups is 1. The van der Waals surface area contributed by atoms with E-state index < -0.39 is 0 Å². The Morgan fingerprint density at radius 3 is 2.14 bits per heavy atom. The van der Waals surface area contributed by atoms with Gasteiger partial charge in [-0.25, -0.2) is 5.43 Å². The fourth-order valence-electron chi connectivity index (χ4n) is 3.07. The van der Waals surface area contributed by atoms with Crippen LogP contribution in [0.15, 0.2) is 29.4 Å². The van der Waals surface area contributed by atoms with Crippen molar-refractivity contribution in [1.82, 2.24) is 10.7 Å². The first-order chi connectivity index (χ1) is 9.67. The van der Waals surface area contributed by atoms with Crippen molar-refractivity contribution in [3.63, 3.8) is 0 Å². The van der Waals surface area contributed by atoms with Crippen LogP contribution in [0.5, 0.6) is 0 Å². The van der Waals surface area contributed by atoms with E-state index in [2.05, 4.69) is 43.5 Å². The van der Waals surface area contributed by atoms with Gasteiger partial charge in [-0.15, -0.1) is 0 Å². The summed E-state index contributed by atoms with van der Waals surface area (Å²) >= 11 is 0. The summed E-state index contributed by atoms with van der Waals surface area (Å²) in [4.78, 5) is 12.1. The number of benzene rings is 1. The van der Waals surface area contributed by atoms with E-state index in [0.717, 1.165) is 24.1 Å². The van der Waals surface area contributed by atoms with Crippen LogP contribution in [-0.2, 0) is 0 Å².